The molecule has 1 saturated heterocycles. The molecular formula is C12H17N5. The second-order valence-electron chi connectivity index (χ2n) is 4.60. The molecule has 3 rings (SSSR count). The highest BCUT2D eigenvalue weighted by molar-refractivity contribution is 5.86. The number of nitrogens with zero attached hydrogens (tertiary/aromatic N) is 4. The first kappa shape index (κ1) is 10.5. The maximum atomic E-state index is 4.52. The lowest BCUT2D eigenvalue weighted by atomic mass is 10.2. The van der Waals surface area contributed by atoms with Crippen molar-refractivity contribution in [3.8, 4) is 0 Å². The number of aromatic nitrogens is 3. The van der Waals surface area contributed by atoms with Crippen LogP contribution in [0, 0.1) is 0 Å². The maximum absolute atomic E-state index is 4.52. The van der Waals surface area contributed by atoms with Crippen molar-refractivity contribution in [3.05, 3.63) is 18.6 Å². The van der Waals surface area contributed by atoms with Crippen LogP contribution in [0.3, 0.4) is 0 Å². The number of aryl methyl sites for hydroxylation is 1. The third kappa shape index (κ3) is 1.67. The van der Waals surface area contributed by atoms with Gasteiger partial charge in [-0.3, -0.25) is 0 Å². The number of piperazine rings is 1. The Balaban J connectivity index is 2.10. The van der Waals surface area contributed by atoms with Gasteiger partial charge in [0.2, 0.25) is 0 Å². The van der Waals surface area contributed by atoms with Crippen LogP contribution < -0.4 is 10.2 Å². The molecule has 1 unspecified atom stereocenters. The molecule has 1 fully saturated rings. The molecule has 1 aliphatic rings. The van der Waals surface area contributed by atoms with E-state index in [0.717, 1.165) is 36.5 Å². The van der Waals surface area contributed by atoms with Gasteiger partial charge in [0.05, 0.1) is 11.8 Å². The molecule has 0 amide bonds. The third-order valence-electron chi connectivity index (χ3n) is 3.40. The number of anilines is 1. The predicted molar refractivity (Wildman–Crippen MR) is 68.2 cm³/mol. The zero-order chi connectivity index (χ0) is 11.8. The lowest BCUT2D eigenvalue weighted by Crippen LogP contribution is -2.50. The van der Waals surface area contributed by atoms with E-state index < -0.39 is 0 Å². The van der Waals surface area contributed by atoms with Crippen molar-refractivity contribution in [1.29, 1.82) is 0 Å². The highest BCUT2D eigenvalue weighted by Gasteiger charge is 2.22. The summed E-state index contributed by atoms with van der Waals surface area (Å²) in [6.07, 6.45) is 3.72. The maximum Gasteiger partial charge on any atom is 0.157 e. The molecule has 5 nitrogen and oxygen atoms in total. The van der Waals surface area contributed by atoms with E-state index in [1.807, 2.05) is 30.2 Å². The zero-order valence-corrected chi connectivity index (χ0v) is 10.2. The van der Waals surface area contributed by atoms with Gasteiger partial charge in [0, 0.05) is 38.9 Å². The Morgan fingerprint density at radius 2 is 2.29 bits per heavy atom. The largest absolute Gasteiger partial charge is 0.350 e. The second kappa shape index (κ2) is 4.00. The number of fused-ring (bicyclic) bond motifs is 1. The molecule has 5 heteroatoms. The zero-order valence-electron chi connectivity index (χ0n) is 10.2. The molecule has 2 aromatic heterocycles. The summed E-state index contributed by atoms with van der Waals surface area (Å²) in [5.41, 5.74) is 2.14. The van der Waals surface area contributed by atoms with Crippen LogP contribution in [0.2, 0.25) is 0 Å². The van der Waals surface area contributed by atoms with Crippen LogP contribution in [0.15, 0.2) is 18.6 Å². The van der Waals surface area contributed by atoms with Crippen LogP contribution in [0.4, 0.5) is 5.82 Å². The number of rotatable bonds is 1. The smallest absolute Gasteiger partial charge is 0.157 e. The van der Waals surface area contributed by atoms with Gasteiger partial charge in [0.25, 0.3) is 0 Å². The van der Waals surface area contributed by atoms with E-state index in [1.165, 1.54) is 0 Å². The Kier molecular flexibility index (Phi) is 2.48. The Morgan fingerprint density at radius 3 is 3.12 bits per heavy atom. The minimum absolute atomic E-state index is 0.462. The van der Waals surface area contributed by atoms with Crippen molar-refractivity contribution in [3.63, 3.8) is 0 Å². The van der Waals surface area contributed by atoms with E-state index in [2.05, 4.69) is 27.1 Å². The van der Waals surface area contributed by atoms with Gasteiger partial charge in [0.1, 0.15) is 5.52 Å². The fourth-order valence-electron chi connectivity index (χ4n) is 2.41. The Hall–Kier alpha value is -1.62. The van der Waals surface area contributed by atoms with Crippen molar-refractivity contribution in [2.24, 2.45) is 7.05 Å². The van der Waals surface area contributed by atoms with Gasteiger partial charge in [-0.1, -0.05) is 0 Å². The molecule has 0 radical (unpaired) electrons. The number of hydrogen-bond donors (Lipinski definition) is 1. The van der Waals surface area contributed by atoms with E-state index >= 15 is 0 Å². The summed E-state index contributed by atoms with van der Waals surface area (Å²) in [5.74, 6) is 1.01. The molecule has 90 valence electrons. The fourth-order valence-corrected chi connectivity index (χ4v) is 2.41. The summed E-state index contributed by atoms with van der Waals surface area (Å²) in [4.78, 5) is 11.3. The highest BCUT2D eigenvalue weighted by atomic mass is 15.3. The normalized spacial score (nSPS) is 21.1. The van der Waals surface area contributed by atoms with Crippen molar-refractivity contribution >= 4 is 16.9 Å². The van der Waals surface area contributed by atoms with Gasteiger partial charge in [-0.2, -0.15) is 0 Å². The second-order valence-corrected chi connectivity index (χ2v) is 4.60. The van der Waals surface area contributed by atoms with Crippen LogP contribution in [0.1, 0.15) is 6.92 Å². The van der Waals surface area contributed by atoms with Gasteiger partial charge in [0.15, 0.2) is 5.82 Å². The van der Waals surface area contributed by atoms with Crippen LogP contribution in [-0.2, 0) is 7.05 Å². The summed E-state index contributed by atoms with van der Waals surface area (Å²) >= 11 is 0. The molecule has 2 aromatic rings. The quantitative estimate of drug-likeness (QED) is 0.787. The number of hydrogen-bond acceptors (Lipinski definition) is 4. The molecular weight excluding hydrogens is 214 g/mol. The third-order valence-corrected chi connectivity index (χ3v) is 3.40. The van der Waals surface area contributed by atoms with Gasteiger partial charge in [-0.25, -0.2) is 9.97 Å². The van der Waals surface area contributed by atoms with Gasteiger partial charge in [-0.05, 0) is 13.0 Å². The Bertz CT molecular complexity index is 533. The minimum Gasteiger partial charge on any atom is -0.350 e. The first-order valence-corrected chi connectivity index (χ1v) is 6.01. The lowest BCUT2D eigenvalue weighted by Gasteiger charge is -2.34. The topological polar surface area (TPSA) is 46.0 Å². The summed E-state index contributed by atoms with van der Waals surface area (Å²) in [6.45, 7) is 5.22. The highest BCUT2D eigenvalue weighted by Crippen LogP contribution is 2.24. The molecule has 1 atom stereocenters. The van der Waals surface area contributed by atoms with E-state index in [0.29, 0.717) is 6.04 Å². The number of pyridine rings is 1. The average molecular weight is 231 g/mol. The lowest BCUT2D eigenvalue weighted by molar-refractivity contribution is 0.498. The number of nitrogens with one attached hydrogen (secondary N) is 1. The summed E-state index contributed by atoms with van der Waals surface area (Å²) in [5, 5.41) is 3.39. The molecule has 3 heterocycles. The summed E-state index contributed by atoms with van der Waals surface area (Å²) in [6, 6.07) is 2.47. The molecule has 1 aliphatic heterocycles. The Morgan fingerprint density at radius 1 is 1.41 bits per heavy atom. The van der Waals surface area contributed by atoms with Crippen molar-refractivity contribution in [2.45, 2.75) is 13.0 Å². The predicted octanol–water partition coefficient (Wildman–Crippen LogP) is 0.766. The molecule has 0 bridgehead atoms. The molecule has 0 aliphatic carbocycles. The van der Waals surface area contributed by atoms with Gasteiger partial charge < -0.3 is 14.8 Å². The van der Waals surface area contributed by atoms with Crippen LogP contribution in [0.25, 0.3) is 11.0 Å². The first-order valence-electron chi connectivity index (χ1n) is 6.01. The monoisotopic (exact) mass is 231 g/mol. The van der Waals surface area contributed by atoms with Gasteiger partial charge >= 0.3 is 0 Å². The molecule has 0 spiro atoms. The fraction of sp³-hybridized carbons (Fsp3) is 0.500. The van der Waals surface area contributed by atoms with Crippen molar-refractivity contribution < 1.29 is 0 Å². The van der Waals surface area contributed by atoms with Crippen molar-refractivity contribution in [2.75, 3.05) is 24.5 Å². The van der Waals surface area contributed by atoms with Crippen LogP contribution in [-0.4, -0.2) is 40.2 Å². The summed E-state index contributed by atoms with van der Waals surface area (Å²) in [7, 11) is 2.01. The molecule has 17 heavy (non-hydrogen) atoms. The van der Waals surface area contributed by atoms with E-state index in [4.69, 9.17) is 0 Å². The Labute approximate surface area is 100 Å². The SMILES string of the molecule is CC1CNCCN1c1nccc2c1ncn2C. The van der Waals surface area contributed by atoms with Crippen LogP contribution in [0.5, 0.6) is 0 Å². The summed E-state index contributed by atoms with van der Waals surface area (Å²) < 4.78 is 2.04. The molecule has 0 saturated carbocycles. The average Bonchev–Trinajstić information content (AvgIpc) is 2.72. The van der Waals surface area contributed by atoms with Gasteiger partial charge in [-0.15, -0.1) is 0 Å². The van der Waals surface area contributed by atoms with Crippen molar-refractivity contribution in [1.82, 2.24) is 19.9 Å². The molecule has 1 N–H and O–H groups in total. The first-order chi connectivity index (χ1) is 8.27. The van der Waals surface area contributed by atoms with E-state index in [9.17, 15) is 0 Å². The standard InChI is InChI=1S/C12H17N5/c1-9-7-13-5-6-17(9)12-11-10(3-4-14-12)16(2)8-15-11/h3-4,8-9,13H,5-7H2,1-2H3. The number of imidazole rings is 1. The minimum atomic E-state index is 0.462. The van der Waals surface area contributed by atoms with Crippen LogP contribution >= 0.6 is 0 Å². The van der Waals surface area contributed by atoms with E-state index in [1.54, 1.807) is 0 Å². The molecule has 0 aromatic carbocycles. The van der Waals surface area contributed by atoms with E-state index in [-0.39, 0.29) is 0 Å².